The maximum absolute atomic E-state index is 12.0. The largest absolute Gasteiger partial charge is 0.409 e. The van der Waals surface area contributed by atoms with Crippen molar-refractivity contribution in [3.8, 4) is 0 Å². The predicted octanol–water partition coefficient (Wildman–Crippen LogP) is 0.597. The van der Waals surface area contributed by atoms with E-state index in [1.54, 1.807) is 26.1 Å². The SMILES string of the molecule is Cc1ccc(C(=O)N(C)C(C)C(N)=NO)cn1. The normalized spacial score (nSPS) is 13.2. The molecule has 92 valence electrons. The summed E-state index contributed by atoms with van der Waals surface area (Å²) in [4.78, 5) is 17.5. The number of rotatable bonds is 3. The number of amidine groups is 1. The van der Waals surface area contributed by atoms with Crippen LogP contribution in [0.15, 0.2) is 23.5 Å². The highest BCUT2D eigenvalue weighted by Crippen LogP contribution is 2.06. The Morgan fingerprint density at radius 1 is 1.59 bits per heavy atom. The maximum Gasteiger partial charge on any atom is 0.255 e. The highest BCUT2D eigenvalue weighted by molar-refractivity contribution is 5.97. The Bertz CT molecular complexity index is 428. The van der Waals surface area contributed by atoms with Gasteiger partial charge in [0.2, 0.25) is 0 Å². The van der Waals surface area contributed by atoms with Crippen LogP contribution in [0.25, 0.3) is 0 Å². The van der Waals surface area contributed by atoms with E-state index in [2.05, 4.69) is 10.1 Å². The van der Waals surface area contributed by atoms with Crippen molar-refractivity contribution < 1.29 is 10.0 Å². The monoisotopic (exact) mass is 236 g/mol. The second-order valence-electron chi connectivity index (χ2n) is 3.81. The third-order valence-electron chi connectivity index (χ3n) is 2.60. The first-order chi connectivity index (χ1) is 7.97. The Morgan fingerprint density at radius 3 is 2.71 bits per heavy atom. The van der Waals surface area contributed by atoms with E-state index in [9.17, 15) is 4.79 Å². The van der Waals surface area contributed by atoms with E-state index < -0.39 is 6.04 Å². The van der Waals surface area contributed by atoms with Crippen LogP contribution in [0.2, 0.25) is 0 Å². The second-order valence-corrected chi connectivity index (χ2v) is 3.81. The van der Waals surface area contributed by atoms with E-state index in [-0.39, 0.29) is 11.7 Å². The predicted molar refractivity (Wildman–Crippen MR) is 63.9 cm³/mol. The van der Waals surface area contributed by atoms with Crippen LogP contribution in [0.5, 0.6) is 0 Å². The molecular weight excluding hydrogens is 220 g/mol. The van der Waals surface area contributed by atoms with Crippen LogP contribution in [0.1, 0.15) is 23.0 Å². The van der Waals surface area contributed by atoms with Crippen LogP contribution in [0, 0.1) is 6.92 Å². The number of pyridine rings is 1. The molecule has 1 heterocycles. The molecule has 0 radical (unpaired) electrons. The molecule has 0 aliphatic rings. The molecule has 1 amide bonds. The molecule has 17 heavy (non-hydrogen) atoms. The molecule has 1 atom stereocenters. The lowest BCUT2D eigenvalue weighted by atomic mass is 10.2. The summed E-state index contributed by atoms with van der Waals surface area (Å²) in [5, 5.41) is 11.4. The molecule has 1 unspecified atom stereocenters. The minimum Gasteiger partial charge on any atom is -0.409 e. The number of aromatic nitrogens is 1. The number of hydrogen-bond donors (Lipinski definition) is 2. The van der Waals surface area contributed by atoms with Crippen LogP contribution in [-0.4, -0.2) is 39.9 Å². The molecule has 0 spiro atoms. The molecule has 6 nitrogen and oxygen atoms in total. The van der Waals surface area contributed by atoms with Gasteiger partial charge in [-0.15, -0.1) is 0 Å². The molecule has 1 rings (SSSR count). The number of carbonyl (C=O) groups is 1. The second kappa shape index (κ2) is 5.29. The molecular formula is C11H16N4O2. The molecule has 0 aromatic carbocycles. The zero-order valence-corrected chi connectivity index (χ0v) is 10.1. The van der Waals surface area contributed by atoms with Gasteiger partial charge in [-0.1, -0.05) is 5.16 Å². The molecule has 0 saturated carbocycles. The van der Waals surface area contributed by atoms with Gasteiger partial charge < -0.3 is 15.8 Å². The quantitative estimate of drug-likeness (QED) is 0.348. The summed E-state index contributed by atoms with van der Waals surface area (Å²) in [6.45, 7) is 3.52. The summed E-state index contributed by atoms with van der Waals surface area (Å²) in [5.41, 5.74) is 6.76. The molecule has 0 aliphatic carbocycles. The van der Waals surface area contributed by atoms with Crippen molar-refractivity contribution in [2.45, 2.75) is 19.9 Å². The van der Waals surface area contributed by atoms with Crippen molar-refractivity contribution in [2.24, 2.45) is 10.9 Å². The van der Waals surface area contributed by atoms with E-state index in [0.29, 0.717) is 5.56 Å². The third-order valence-corrected chi connectivity index (χ3v) is 2.60. The van der Waals surface area contributed by atoms with Gasteiger partial charge in [0, 0.05) is 18.9 Å². The molecule has 6 heteroatoms. The Balaban J connectivity index is 2.86. The van der Waals surface area contributed by atoms with Crippen LogP contribution in [0.3, 0.4) is 0 Å². The van der Waals surface area contributed by atoms with Gasteiger partial charge in [-0.05, 0) is 26.0 Å². The average molecular weight is 236 g/mol. The van der Waals surface area contributed by atoms with Crippen molar-refractivity contribution in [1.29, 1.82) is 0 Å². The molecule has 0 bridgehead atoms. The van der Waals surface area contributed by atoms with Gasteiger partial charge in [0.05, 0.1) is 11.6 Å². The van der Waals surface area contributed by atoms with E-state index in [4.69, 9.17) is 10.9 Å². The average Bonchev–Trinajstić information content (AvgIpc) is 2.36. The lowest BCUT2D eigenvalue weighted by molar-refractivity contribution is 0.0776. The van der Waals surface area contributed by atoms with Crippen molar-refractivity contribution in [3.05, 3.63) is 29.6 Å². The number of nitrogens with zero attached hydrogens (tertiary/aromatic N) is 3. The van der Waals surface area contributed by atoms with Gasteiger partial charge in [0.1, 0.15) is 0 Å². The van der Waals surface area contributed by atoms with Crippen molar-refractivity contribution in [2.75, 3.05) is 7.05 Å². The first-order valence-electron chi connectivity index (χ1n) is 5.14. The minimum atomic E-state index is -0.478. The Kier molecular flexibility index (Phi) is 4.03. The summed E-state index contributed by atoms with van der Waals surface area (Å²) in [5.74, 6) is -0.238. The smallest absolute Gasteiger partial charge is 0.255 e. The fourth-order valence-electron chi connectivity index (χ4n) is 1.26. The fraction of sp³-hybridized carbons (Fsp3) is 0.364. The molecule has 3 N–H and O–H groups in total. The van der Waals surface area contributed by atoms with Gasteiger partial charge in [0.15, 0.2) is 5.84 Å². The number of likely N-dealkylation sites (N-methyl/N-ethyl adjacent to an activating group) is 1. The Morgan fingerprint density at radius 2 is 2.24 bits per heavy atom. The van der Waals surface area contributed by atoms with Crippen LogP contribution >= 0.6 is 0 Å². The third kappa shape index (κ3) is 2.93. The molecule has 0 aliphatic heterocycles. The highest BCUT2D eigenvalue weighted by Gasteiger charge is 2.20. The topological polar surface area (TPSA) is 91.8 Å². The zero-order valence-electron chi connectivity index (χ0n) is 10.1. The lowest BCUT2D eigenvalue weighted by Crippen LogP contribution is -2.43. The number of amides is 1. The maximum atomic E-state index is 12.0. The summed E-state index contributed by atoms with van der Waals surface area (Å²) < 4.78 is 0. The van der Waals surface area contributed by atoms with E-state index in [0.717, 1.165) is 5.69 Å². The number of hydrogen-bond acceptors (Lipinski definition) is 4. The zero-order chi connectivity index (χ0) is 13.0. The van der Waals surface area contributed by atoms with Gasteiger partial charge >= 0.3 is 0 Å². The van der Waals surface area contributed by atoms with Crippen LogP contribution in [-0.2, 0) is 0 Å². The summed E-state index contributed by atoms with van der Waals surface area (Å²) >= 11 is 0. The minimum absolute atomic E-state index is 0.0130. The highest BCUT2D eigenvalue weighted by atomic mass is 16.4. The standard InChI is InChI=1S/C11H16N4O2/c1-7-4-5-9(6-13-7)11(16)15(3)8(2)10(12)14-17/h4-6,8,17H,1-3H3,(H2,12,14). The molecule has 0 fully saturated rings. The Hall–Kier alpha value is -2.11. The van der Waals surface area contributed by atoms with Crippen molar-refractivity contribution in [3.63, 3.8) is 0 Å². The lowest BCUT2D eigenvalue weighted by Gasteiger charge is -2.23. The van der Waals surface area contributed by atoms with Gasteiger partial charge in [-0.2, -0.15) is 0 Å². The van der Waals surface area contributed by atoms with Crippen molar-refractivity contribution >= 4 is 11.7 Å². The first-order valence-corrected chi connectivity index (χ1v) is 5.14. The van der Waals surface area contributed by atoms with Crippen LogP contribution in [0.4, 0.5) is 0 Å². The Labute approximate surface area is 99.7 Å². The van der Waals surface area contributed by atoms with E-state index in [1.807, 2.05) is 6.92 Å². The summed E-state index contributed by atoms with van der Waals surface area (Å²) in [6, 6.07) is 2.98. The fourth-order valence-corrected chi connectivity index (χ4v) is 1.26. The number of carbonyl (C=O) groups excluding carboxylic acids is 1. The van der Waals surface area contributed by atoms with Crippen molar-refractivity contribution in [1.82, 2.24) is 9.88 Å². The van der Waals surface area contributed by atoms with Crippen LogP contribution < -0.4 is 5.73 Å². The van der Waals surface area contributed by atoms with E-state index in [1.165, 1.54) is 11.1 Å². The first kappa shape index (κ1) is 13.0. The summed E-state index contributed by atoms with van der Waals surface area (Å²) in [6.07, 6.45) is 1.51. The van der Waals surface area contributed by atoms with E-state index >= 15 is 0 Å². The number of nitrogens with two attached hydrogens (primary N) is 1. The van der Waals surface area contributed by atoms with Gasteiger partial charge in [-0.25, -0.2) is 0 Å². The number of aryl methyl sites for hydroxylation is 1. The van der Waals surface area contributed by atoms with Gasteiger partial charge in [0.25, 0.3) is 5.91 Å². The van der Waals surface area contributed by atoms with Gasteiger partial charge in [-0.3, -0.25) is 9.78 Å². The molecule has 1 aromatic rings. The molecule has 1 aromatic heterocycles. The summed E-state index contributed by atoms with van der Waals surface area (Å²) in [7, 11) is 1.59. The number of oxime groups is 1. The molecule has 0 saturated heterocycles.